The molecule has 1 saturated carbocycles. The van der Waals surface area contributed by atoms with Gasteiger partial charge < -0.3 is 20.8 Å². The van der Waals surface area contributed by atoms with Crippen molar-refractivity contribution in [3.8, 4) is 6.07 Å². The molecule has 3 atom stereocenters. The predicted molar refractivity (Wildman–Crippen MR) is 90.5 cm³/mol. The van der Waals surface area contributed by atoms with Gasteiger partial charge in [0.15, 0.2) is 11.3 Å². The molecule has 10 heteroatoms. The number of hydrogen-bond donors (Lipinski definition) is 2. The molecule has 3 rings (SSSR count). The number of nitrogens with two attached hydrogens (primary N) is 1. The van der Waals surface area contributed by atoms with E-state index in [0.29, 0.717) is 32.4 Å². The van der Waals surface area contributed by atoms with E-state index in [2.05, 4.69) is 10.5 Å². The average Bonchev–Trinajstić information content (AvgIpc) is 3.09. The van der Waals surface area contributed by atoms with Gasteiger partial charge >= 0.3 is 0 Å². The smallest absolute Gasteiger partial charge is 0.266 e. The molecule has 148 valence electrons. The number of likely N-dealkylation sites (N-methyl/N-ethyl adjacent to an activating group) is 1. The summed E-state index contributed by atoms with van der Waals surface area (Å²) in [5.74, 6) is -7.06. The second-order valence-electron chi connectivity index (χ2n) is 8.03. The standard InChI is InChI=1S/C17H23F2N5O3/c1-15(18,19)7-10(14(26)22-16(8-20)3-4-16)11-12(13(21)25)23-27-17(11)5-6-24(2)9-17/h10-11H,3-7,9H2,1-2H3,(H2,21,25)(H,22,26)/t10-,11?,17?/m0/s1. The molecule has 2 aliphatic heterocycles. The summed E-state index contributed by atoms with van der Waals surface area (Å²) in [6.07, 6.45) is 0.565. The highest BCUT2D eigenvalue weighted by molar-refractivity contribution is 6.40. The number of halogens is 2. The molecule has 2 amide bonds. The maximum Gasteiger partial charge on any atom is 0.266 e. The SMILES string of the molecule is CN1CCC2(C1)ON=C(C(N)=O)C2[C@H](CC(C)(F)F)C(=O)NC1(C#N)CC1. The van der Waals surface area contributed by atoms with Crippen LogP contribution >= 0.6 is 0 Å². The molecule has 3 N–H and O–H groups in total. The summed E-state index contributed by atoms with van der Waals surface area (Å²) in [4.78, 5) is 32.3. The van der Waals surface area contributed by atoms with Gasteiger partial charge in [0.05, 0.1) is 17.9 Å². The number of carbonyl (C=O) groups is 2. The molecule has 0 bridgehead atoms. The number of nitrogens with one attached hydrogen (secondary N) is 1. The highest BCUT2D eigenvalue weighted by Crippen LogP contribution is 2.45. The topological polar surface area (TPSA) is 121 Å². The van der Waals surface area contributed by atoms with Crippen LogP contribution in [-0.4, -0.2) is 59.6 Å². The number of nitriles is 1. The van der Waals surface area contributed by atoms with E-state index >= 15 is 0 Å². The molecule has 1 aliphatic carbocycles. The Bertz CT molecular complexity index is 725. The molecule has 3 aliphatic rings. The van der Waals surface area contributed by atoms with E-state index in [-0.39, 0.29) is 5.71 Å². The molecule has 27 heavy (non-hydrogen) atoms. The van der Waals surface area contributed by atoms with Gasteiger partial charge in [-0.3, -0.25) is 9.59 Å². The first kappa shape index (κ1) is 19.5. The minimum atomic E-state index is -3.16. The summed E-state index contributed by atoms with van der Waals surface area (Å²) >= 11 is 0. The lowest BCUT2D eigenvalue weighted by Gasteiger charge is -2.35. The lowest BCUT2D eigenvalue weighted by atomic mass is 9.72. The number of hydrogen-bond acceptors (Lipinski definition) is 6. The van der Waals surface area contributed by atoms with Crippen LogP contribution in [0, 0.1) is 23.2 Å². The first-order valence-corrected chi connectivity index (χ1v) is 8.86. The maximum absolute atomic E-state index is 13.9. The van der Waals surface area contributed by atoms with Gasteiger partial charge in [-0.2, -0.15) is 5.26 Å². The van der Waals surface area contributed by atoms with Crippen molar-refractivity contribution in [2.24, 2.45) is 22.7 Å². The van der Waals surface area contributed by atoms with E-state index in [0.717, 1.165) is 6.92 Å². The van der Waals surface area contributed by atoms with Crippen LogP contribution in [0.3, 0.4) is 0 Å². The molecule has 0 aromatic rings. The highest BCUT2D eigenvalue weighted by Gasteiger charge is 2.60. The van der Waals surface area contributed by atoms with Crippen molar-refractivity contribution < 1.29 is 23.2 Å². The fraction of sp³-hybridized carbons (Fsp3) is 0.765. The molecule has 1 saturated heterocycles. The summed E-state index contributed by atoms with van der Waals surface area (Å²) in [6.45, 7) is 1.66. The number of oxime groups is 1. The lowest BCUT2D eigenvalue weighted by Crippen LogP contribution is -2.54. The molecule has 1 spiro atoms. The van der Waals surface area contributed by atoms with Crippen molar-refractivity contribution in [1.29, 1.82) is 5.26 Å². The third-order valence-corrected chi connectivity index (χ3v) is 5.54. The van der Waals surface area contributed by atoms with E-state index in [1.54, 1.807) is 0 Å². The number of likely N-dealkylation sites (tertiary alicyclic amines) is 1. The molecule has 0 aromatic heterocycles. The maximum atomic E-state index is 13.9. The number of alkyl halides is 2. The molecule has 0 aromatic carbocycles. The largest absolute Gasteiger partial charge is 0.387 e. The van der Waals surface area contributed by atoms with Gasteiger partial charge in [0, 0.05) is 25.9 Å². The Morgan fingerprint density at radius 2 is 2.19 bits per heavy atom. The Kier molecular flexibility index (Phi) is 4.62. The Morgan fingerprint density at radius 1 is 1.52 bits per heavy atom. The zero-order valence-corrected chi connectivity index (χ0v) is 15.3. The van der Waals surface area contributed by atoms with Crippen LogP contribution in [0.1, 0.15) is 32.6 Å². The summed E-state index contributed by atoms with van der Waals surface area (Å²) < 4.78 is 27.9. The van der Waals surface area contributed by atoms with Gasteiger partial charge in [-0.1, -0.05) is 5.16 Å². The van der Waals surface area contributed by atoms with E-state index < -0.39 is 47.1 Å². The van der Waals surface area contributed by atoms with Crippen LogP contribution in [0.4, 0.5) is 8.78 Å². The van der Waals surface area contributed by atoms with Gasteiger partial charge in [-0.05, 0) is 26.8 Å². The second kappa shape index (κ2) is 6.41. The van der Waals surface area contributed by atoms with Crippen LogP contribution in [0.2, 0.25) is 0 Å². The van der Waals surface area contributed by atoms with Gasteiger partial charge in [0.25, 0.3) is 5.91 Å². The number of primary amides is 1. The van der Waals surface area contributed by atoms with E-state index in [4.69, 9.17) is 10.6 Å². The van der Waals surface area contributed by atoms with E-state index in [1.807, 2.05) is 18.0 Å². The van der Waals surface area contributed by atoms with Crippen molar-refractivity contribution in [3.05, 3.63) is 0 Å². The Hall–Kier alpha value is -2.28. The fourth-order valence-electron chi connectivity index (χ4n) is 4.05. The van der Waals surface area contributed by atoms with Crippen LogP contribution < -0.4 is 11.1 Å². The normalized spacial score (nSPS) is 30.3. The zero-order valence-electron chi connectivity index (χ0n) is 15.3. The first-order chi connectivity index (χ1) is 12.5. The molecule has 8 nitrogen and oxygen atoms in total. The fourth-order valence-corrected chi connectivity index (χ4v) is 4.05. The van der Waals surface area contributed by atoms with Crippen LogP contribution in [0.15, 0.2) is 5.16 Å². The Labute approximate surface area is 155 Å². The number of amides is 2. The van der Waals surface area contributed by atoms with Crippen molar-refractivity contribution in [2.45, 2.75) is 49.7 Å². The summed E-state index contributed by atoms with van der Waals surface area (Å²) in [7, 11) is 1.83. The predicted octanol–water partition coefficient (Wildman–Crippen LogP) is 0.382. The highest BCUT2D eigenvalue weighted by atomic mass is 19.3. The minimum absolute atomic E-state index is 0.198. The summed E-state index contributed by atoms with van der Waals surface area (Å²) in [6, 6.07) is 2.01. The van der Waals surface area contributed by atoms with Crippen LogP contribution in [0.25, 0.3) is 0 Å². The van der Waals surface area contributed by atoms with Crippen molar-refractivity contribution in [3.63, 3.8) is 0 Å². The first-order valence-electron chi connectivity index (χ1n) is 8.86. The monoisotopic (exact) mass is 383 g/mol. The molecule has 2 unspecified atom stereocenters. The Balaban J connectivity index is 1.96. The third-order valence-electron chi connectivity index (χ3n) is 5.54. The van der Waals surface area contributed by atoms with Gasteiger partial charge in [-0.25, -0.2) is 8.78 Å². The molecular weight excluding hydrogens is 360 g/mol. The van der Waals surface area contributed by atoms with Gasteiger partial charge in [0.1, 0.15) is 5.54 Å². The van der Waals surface area contributed by atoms with Gasteiger partial charge in [-0.15, -0.1) is 0 Å². The Morgan fingerprint density at radius 3 is 2.63 bits per heavy atom. The number of rotatable bonds is 6. The zero-order chi connectivity index (χ0) is 20.0. The quantitative estimate of drug-likeness (QED) is 0.687. The number of nitrogens with zero attached hydrogens (tertiary/aromatic N) is 3. The van der Waals surface area contributed by atoms with Crippen molar-refractivity contribution >= 4 is 17.5 Å². The lowest BCUT2D eigenvalue weighted by molar-refractivity contribution is -0.135. The summed E-state index contributed by atoms with van der Waals surface area (Å²) in [5.41, 5.74) is 3.14. The van der Waals surface area contributed by atoms with Crippen molar-refractivity contribution in [2.75, 3.05) is 20.1 Å². The minimum Gasteiger partial charge on any atom is -0.387 e. The second-order valence-corrected chi connectivity index (χ2v) is 8.03. The molecular formula is C17H23F2N5O3. The summed E-state index contributed by atoms with van der Waals surface area (Å²) in [5, 5.41) is 15.6. The van der Waals surface area contributed by atoms with Crippen LogP contribution in [-0.2, 0) is 14.4 Å². The van der Waals surface area contributed by atoms with Gasteiger partial charge in [0.2, 0.25) is 11.8 Å². The van der Waals surface area contributed by atoms with E-state index in [1.165, 1.54) is 0 Å². The third kappa shape index (κ3) is 3.74. The average molecular weight is 383 g/mol. The van der Waals surface area contributed by atoms with Crippen molar-refractivity contribution in [1.82, 2.24) is 10.2 Å². The van der Waals surface area contributed by atoms with E-state index in [9.17, 15) is 23.6 Å². The molecule has 2 fully saturated rings. The number of carbonyl (C=O) groups excluding carboxylic acids is 2. The van der Waals surface area contributed by atoms with Crippen LogP contribution in [0.5, 0.6) is 0 Å². The molecule has 0 radical (unpaired) electrons. The molecule has 2 heterocycles.